The molecule has 3 aromatic carbocycles. The van der Waals surface area contributed by atoms with Crippen molar-refractivity contribution < 1.29 is 0 Å². The largest absolute Gasteiger partial charge is 0.338 e. The number of benzene rings is 3. The predicted octanol–water partition coefficient (Wildman–Crippen LogP) is 6.40. The molecule has 4 aromatic rings. The highest BCUT2D eigenvalue weighted by molar-refractivity contribution is 7.99. The number of aromatic nitrogens is 2. The van der Waals surface area contributed by atoms with E-state index in [-0.39, 0.29) is 0 Å². The van der Waals surface area contributed by atoms with Gasteiger partial charge in [0.05, 0.1) is 11.0 Å². The fourth-order valence-electron chi connectivity index (χ4n) is 2.91. The average Bonchev–Trinajstić information content (AvgIpc) is 3.10. The summed E-state index contributed by atoms with van der Waals surface area (Å²) in [4.78, 5) is 9.55. The Morgan fingerprint density at radius 1 is 0.840 bits per heavy atom. The van der Waals surface area contributed by atoms with Crippen molar-refractivity contribution >= 4 is 22.8 Å². The zero-order valence-electron chi connectivity index (χ0n) is 14.2. The normalized spacial score (nSPS) is 11.1. The quantitative estimate of drug-likeness (QED) is 0.424. The molecule has 0 spiro atoms. The third-order valence-electron chi connectivity index (χ3n) is 4.17. The van der Waals surface area contributed by atoms with Gasteiger partial charge in [0.2, 0.25) is 0 Å². The molecule has 0 aliphatic heterocycles. The zero-order valence-corrected chi connectivity index (χ0v) is 15.0. The minimum Gasteiger partial charge on any atom is -0.338 e. The first kappa shape index (κ1) is 16.0. The molecule has 1 heterocycles. The van der Waals surface area contributed by atoms with E-state index in [1.165, 1.54) is 22.4 Å². The summed E-state index contributed by atoms with van der Waals surface area (Å²) < 4.78 is 0. The van der Waals surface area contributed by atoms with Crippen LogP contribution < -0.4 is 0 Å². The maximum Gasteiger partial charge on any atom is 0.138 e. The highest BCUT2D eigenvalue weighted by Crippen LogP contribution is 2.28. The summed E-state index contributed by atoms with van der Waals surface area (Å²) in [6, 6.07) is 25.4. The highest BCUT2D eigenvalue weighted by atomic mass is 32.2. The Morgan fingerprint density at radius 3 is 2.48 bits per heavy atom. The molecule has 25 heavy (non-hydrogen) atoms. The second-order valence-corrected chi connectivity index (χ2v) is 7.23. The lowest BCUT2D eigenvalue weighted by atomic mass is 10.0. The fourth-order valence-corrected chi connectivity index (χ4v) is 3.72. The molecule has 0 saturated heterocycles. The summed E-state index contributed by atoms with van der Waals surface area (Å²) >= 11 is 1.89. The third kappa shape index (κ3) is 3.47. The maximum atomic E-state index is 4.77. The Kier molecular flexibility index (Phi) is 4.57. The molecule has 0 radical (unpaired) electrons. The first-order chi connectivity index (χ1) is 12.3. The van der Waals surface area contributed by atoms with Crippen molar-refractivity contribution in [1.82, 2.24) is 9.97 Å². The van der Waals surface area contributed by atoms with E-state index in [9.17, 15) is 0 Å². The smallest absolute Gasteiger partial charge is 0.138 e. The molecule has 4 rings (SSSR count). The van der Waals surface area contributed by atoms with E-state index in [4.69, 9.17) is 4.98 Å². The molecule has 0 atom stereocenters. The first-order valence-electron chi connectivity index (χ1n) is 8.62. The Morgan fingerprint density at radius 2 is 1.64 bits per heavy atom. The van der Waals surface area contributed by atoms with Crippen LogP contribution in [0.4, 0.5) is 0 Å². The summed E-state index contributed by atoms with van der Waals surface area (Å²) in [5, 5.41) is 0. The van der Waals surface area contributed by atoms with Gasteiger partial charge >= 0.3 is 0 Å². The standard InChI is InChI=1S/C22H20N2S/c1-2-13-25-19-11-12-20-21(15-19)24-22(23-20)18-10-6-9-17(14-18)16-7-4-3-5-8-16/h3-12,14-15H,2,13H2,1H3,(H,23,24). The van der Waals surface area contributed by atoms with Crippen molar-refractivity contribution in [3.05, 3.63) is 72.8 Å². The van der Waals surface area contributed by atoms with Crippen molar-refractivity contribution in [1.29, 1.82) is 0 Å². The van der Waals surface area contributed by atoms with E-state index in [0.29, 0.717) is 0 Å². The molecule has 124 valence electrons. The van der Waals surface area contributed by atoms with Crippen LogP contribution in [0.5, 0.6) is 0 Å². The van der Waals surface area contributed by atoms with Crippen LogP contribution in [-0.4, -0.2) is 15.7 Å². The van der Waals surface area contributed by atoms with Gasteiger partial charge in [-0.2, -0.15) is 0 Å². The number of thioether (sulfide) groups is 1. The molecule has 0 aliphatic rings. The van der Waals surface area contributed by atoms with Gasteiger partial charge in [-0.15, -0.1) is 11.8 Å². The maximum absolute atomic E-state index is 4.77. The Bertz CT molecular complexity index is 989. The summed E-state index contributed by atoms with van der Waals surface area (Å²) in [7, 11) is 0. The molecule has 1 aromatic heterocycles. The molecule has 1 N–H and O–H groups in total. The van der Waals surface area contributed by atoms with Crippen LogP contribution in [0, 0.1) is 0 Å². The molecule has 0 fully saturated rings. The Hall–Kier alpha value is -2.52. The van der Waals surface area contributed by atoms with Gasteiger partial charge in [-0.25, -0.2) is 4.98 Å². The van der Waals surface area contributed by atoms with E-state index < -0.39 is 0 Å². The van der Waals surface area contributed by atoms with Crippen molar-refractivity contribution in [2.75, 3.05) is 5.75 Å². The van der Waals surface area contributed by atoms with Crippen molar-refractivity contribution in [3.63, 3.8) is 0 Å². The average molecular weight is 344 g/mol. The predicted molar refractivity (Wildman–Crippen MR) is 108 cm³/mol. The van der Waals surface area contributed by atoms with E-state index in [0.717, 1.165) is 28.2 Å². The number of hydrogen-bond donors (Lipinski definition) is 1. The van der Waals surface area contributed by atoms with Crippen molar-refractivity contribution in [2.45, 2.75) is 18.2 Å². The monoisotopic (exact) mass is 344 g/mol. The van der Waals surface area contributed by atoms with Crippen molar-refractivity contribution in [3.8, 4) is 22.5 Å². The van der Waals surface area contributed by atoms with Crippen LogP contribution >= 0.6 is 11.8 Å². The van der Waals surface area contributed by atoms with Gasteiger partial charge < -0.3 is 4.98 Å². The van der Waals surface area contributed by atoms with Crippen LogP contribution in [0.2, 0.25) is 0 Å². The van der Waals surface area contributed by atoms with Crippen LogP contribution in [0.1, 0.15) is 13.3 Å². The molecule has 3 heteroatoms. The number of rotatable bonds is 5. The minimum atomic E-state index is 0.922. The van der Waals surface area contributed by atoms with Crippen LogP contribution in [0.3, 0.4) is 0 Å². The highest BCUT2D eigenvalue weighted by Gasteiger charge is 2.07. The number of H-pyrrole nitrogens is 1. The third-order valence-corrected chi connectivity index (χ3v) is 5.37. The van der Waals surface area contributed by atoms with Gasteiger partial charge in [-0.3, -0.25) is 0 Å². The number of nitrogens with one attached hydrogen (secondary N) is 1. The zero-order chi connectivity index (χ0) is 17.1. The number of aromatic amines is 1. The van der Waals surface area contributed by atoms with Crippen LogP contribution in [-0.2, 0) is 0 Å². The molecule has 0 unspecified atom stereocenters. The summed E-state index contributed by atoms with van der Waals surface area (Å²) in [5.74, 6) is 2.07. The summed E-state index contributed by atoms with van der Waals surface area (Å²) in [6.07, 6.45) is 1.18. The fraction of sp³-hybridized carbons (Fsp3) is 0.136. The minimum absolute atomic E-state index is 0.922. The second-order valence-electron chi connectivity index (χ2n) is 6.06. The lowest BCUT2D eigenvalue weighted by Gasteiger charge is -2.03. The van der Waals surface area contributed by atoms with Crippen LogP contribution in [0.15, 0.2) is 77.7 Å². The van der Waals surface area contributed by atoms with E-state index >= 15 is 0 Å². The number of fused-ring (bicyclic) bond motifs is 1. The molecule has 0 bridgehead atoms. The SMILES string of the molecule is CCCSc1ccc2nc(-c3cccc(-c4ccccc4)c3)[nH]c2c1. The Balaban J connectivity index is 1.70. The van der Waals surface area contributed by atoms with E-state index in [1.54, 1.807) is 0 Å². The van der Waals surface area contributed by atoms with Gasteiger partial charge in [0, 0.05) is 10.5 Å². The van der Waals surface area contributed by atoms with Gasteiger partial charge in [0.25, 0.3) is 0 Å². The lowest BCUT2D eigenvalue weighted by Crippen LogP contribution is -1.82. The molecule has 0 aliphatic carbocycles. The number of nitrogens with zero attached hydrogens (tertiary/aromatic N) is 1. The van der Waals surface area contributed by atoms with Gasteiger partial charge in [0.1, 0.15) is 5.82 Å². The van der Waals surface area contributed by atoms with Crippen molar-refractivity contribution in [2.24, 2.45) is 0 Å². The van der Waals surface area contributed by atoms with Gasteiger partial charge in [-0.05, 0) is 47.6 Å². The molecule has 0 saturated carbocycles. The molecule has 0 amide bonds. The van der Waals surface area contributed by atoms with E-state index in [2.05, 4.69) is 78.6 Å². The Labute approximate surface area is 152 Å². The molecule has 2 nitrogen and oxygen atoms in total. The topological polar surface area (TPSA) is 28.7 Å². The second kappa shape index (κ2) is 7.16. The van der Waals surface area contributed by atoms with Crippen LogP contribution in [0.25, 0.3) is 33.5 Å². The van der Waals surface area contributed by atoms with Gasteiger partial charge in [0.15, 0.2) is 0 Å². The summed E-state index contributed by atoms with van der Waals surface area (Å²) in [6.45, 7) is 2.21. The van der Waals surface area contributed by atoms with E-state index in [1.807, 2.05) is 17.8 Å². The molecular weight excluding hydrogens is 324 g/mol. The number of imidazole rings is 1. The molecular formula is C22H20N2S. The first-order valence-corrected chi connectivity index (χ1v) is 9.60. The number of hydrogen-bond acceptors (Lipinski definition) is 2. The lowest BCUT2D eigenvalue weighted by molar-refractivity contribution is 1.10. The van der Waals surface area contributed by atoms with Gasteiger partial charge in [-0.1, -0.05) is 55.5 Å². The summed E-state index contributed by atoms with van der Waals surface area (Å²) in [5.41, 5.74) is 5.65.